The summed E-state index contributed by atoms with van der Waals surface area (Å²) in [4.78, 5) is 14.1. The van der Waals surface area contributed by atoms with Crippen molar-refractivity contribution in [2.24, 2.45) is 5.92 Å². The van der Waals surface area contributed by atoms with E-state index < -0.39 is 0 Å². The van der Waals surface area contributed by atoms with Crippen molar-refractivity contribution >= 4 is 21.8 Å². The van der Waals surface area contributed by atoms with Crippen LogP contribution >= 0.6 is 15.9 Å². The largest absolute Gasteiger partial charge is 0.341 e. The van der Waals surface area contributed by atoms with Crippen LogP contribution in [0.2, 0.25) is 0 Å². The van der Waals surface area contributed by atoms with Gasteiger partial charge in [-0.25, -0.2) is 0 Å². The summed E-state index contributed by atoms with van der Waals surface area (Å²) in [5.74, 6) is 0.393. The molecule has 1 aromatic rings. The van der Waals surface area contributed by atoms with Gasteiger partial charge < -0.3 is 10.2 Å². The highest BCUT2D eigenvalue weighted by molar-refractivity contribution is 9.10. The molecule has 0 bridgehead atoms. The van der Waals surface area contributed by atoms with Gasteiger partial charge >= 0.3 is 0 Å². The molecule has 0 unspecified atom stereocenters. The smallest absolute Gasteiger partial charge is 0.227 e. The molecule has 1 fully saturated rings. The van der Waals surface area contributed by atoms with Gasteiger partial charge in [0.15, 0.2) is 0 Å². The predicted molar refractivity (Wildman–Crippen MR) is 76.2 cm³/mol. The lowest BCUT2D eigenvalue weighted by Crippen LogP contribution is -2.41. The van der Waals surface area contributed by atoms with Crippen molar-refractivity contribution in [2.45, 2.75) is 19.4 Å². The van der Waals surface area contributed by atoms with Crippen molar-refractivity contribution in [3.8, 4) is 0 Å². The molecule has 1 amide bonds. The monoisotopic (exact) mass is 310 g/mol. The molecule has 1 saturated heterocycles. The summed E-state index contributed by atoms with van der Waals surface area (Å²) in [7, 11) is 1.89. The number of benzene rings is 1. The molecule has 0 saturated carbocycles. The zero-order valence-corrected chi connectivity index (χ0v) is 12.2. The lowest BCUT2D eigenvalue weighted by atomic mass is 9.98. The van der Waals surface area contributed by atoms with Crippen LogP contribution in [0.15, 0.2) is 28.7 Å². The summed E-state index contributed by atoms with van der Waals surface area (Å²) in [5.41, 5.74) is 1.15. The second-order valence-electron chi connectivity index (χ2n) is 4.83. The molecule has 2 rings (SSSR count). The molecule has 98 valence electrons. The third-order valence-electron chi connectivity index (χ3n) is 3.39. The summed E-state index contributed by atoms with van der Waals surface area (Å²) in [6.07, 6.45) is 2.10. The molecule has 1 N–H and O–H groups in total. The normalized spacial score (nSPS) is 19.6. The first kappa shape index (κ1) is 13.6. The molecule has 0 radical (unpaired) electrons. The third kappa shape index (κ3) is 3.33. The maximum absolute atomic E-state index is 12.3. The van der Waals surface area contributed by atoms with Crippen LogP contribution in [0.5, 0.6) is 0 Å². The lowest BCUT2D eigenvalue weighted by molar-refractivity contribution is -0.135. The molecule has 1 aliphatic rings. The van der Waals surface area contributed by atoms with Crippen LogP contribution < -0.4 is 5.32 Å². The first-order valence-electron chi connectivity index (χ1n) is 6.37. The molecule has 1 aromatic carbocycles. The number of rotatable bonds is 3. The number of carbonyl (C=O) groups is 1. The first-order chi connectivity index (χ1) is 8.68. The molecular formula is C14H19BrN2O. The average Bonchev–Trinajstić information content (AvgIpc) is 2.41. The molecule has 1 heterocycles. The molecule has 1 aliphatic heterocycles. The number of halogens is 1. The number of nitrogens with zero attached hydrogens (tertiary/aromatic N) is 1. The Kier molecular flexibility index (Phi) is 4.78. The summed E-state index contributed by atoms with van der Waals surface area (Å²) in [6.45, 7) is 2.52. The van der Waals surface area contributed by atoms with E-state index in [0.717, 1.165) is 36.0 Å². The molecule has 3 nitrogen and oxygen atoms in total. The van der Waals surface area contributed by atoms with E-state index in [0.29, 0.717) is 6.54 Å². The average molecular weight is 311 g/mol. The maximum Gasteiger partial charge on any atom is 0.227 e. The Morgan fingerprint density at radius 3 is 2.94 bits per heavy atom. The van der Waals surface area contributed by atoms with Gasteiger partial charge in [0.25, 0.3) is 0 Å². The minimum atomic E-state index is 0.145. The Morgan fingerprint density at radius 2 is 2.28 bits per heavy atom. The van der Waals surface area contributed by atoms with Gasteiger partial charge in [-0.15, -0.1) is 0 Å². The minimum Gasteiger partial charge on any atom is -0.341 e. The predicted octanol–water partition coefficient (Wildman–Crippen LogP) is 2.41. The van der Waals surface area contributed by atoms with E-state index in [1.165, 1.54) is 0 Å². The van der Waals surface area contributed by atoms with Crippen molar-refractivity contribution in [1.82, 2.24) is 10.2 Å². The molecule has 0 aromatic heterocycles. The van der Waals surface area contributed by atoms with E-state index >= 15 is 0 Å². The van der Waals surface area contributed by atoms with Crippen molar-refractivity contribution in [1.29, 1.82) is 0 Å². The number of nitrogens with one attached hydrogen (secondary N) is 1. The van der Waals surface area contributed by atoms with Gasteiger partial charge in [-0.1, -0.05) is 34.1 Å². The Bertz CT molecular complexity index is 416. The number of amides is 1. The number of hydrogen-bond donors (Lipinski definition) is 1. The summed E-state index contributed by atoms with van der Waals surface area (Å²) in [5, 5.41) is 3.29. The van der Waals surface area contributed by atoms with Crippen molar-refractivity contribution < 1.29 is 4.79 Å². The lowest BCUT2D eigenvalue weighted by Gasteiger charge is -2.27. The fourth-order valence-electron chi connectivity index (χ4n) is 2.33. The van der Waals surface area contributed by atoms with E-state index in [-0.39, 0.29) is 11.8 Å². The van der Waals surface area contributed by atoms with Crippen molar-refractivity contribution in [2.75, 3.05) is 20.1 Å². The maximum atomic E-state index is 12.3. The van der Waals surface area contributed by atoms with Crippen LogP contribution in [0.4, 0.5) is 0 Å². The van der Waals surface area contributed by atoms with E-state index in [9.17, 15) is 4.79 Å². The van der Waals surface area contributed by atoms with E-state index in [2.05, 4.69) is 21.2 Å². The van der Waals surface area contributed by atoms with Gasteiger partial charge in [0, 0.05) is 24.6 Å². The van der Waals surface area contributed by atoms with Gasteiger partial charge in [0.1, 0.15) is 0 Å². The molecule has 0 aliphatic carbocycles. The van der Waals surface area contributed by atoms with Crippen LogP contribution in [0, 0.1) is 5.92 Å². The Balaban J connectivity index is 1.96. The molecule has 1 atom stereocenters. The highest BCUT2D eigenvalue weighted by Gasteiger charge is 2.24. The fraction of sp³-hybridized carbons (Fsp3) is 0.500. The van der Waals surface area contributed by atoms with Gasteiger partial charge in [0.2, 0.25) is 5.91 Å². The highest BCUT2D eigenvalue weighted by atomic mass is 79.9. The standard InChI is InChI=1S/C14H19BrN2O/c1-17(10-12-5-2-3-7-13(12)15)14(18)11-6-4-8-16-9-11/h2-3,5,7,11,16H,4,6,8-10H2,1H3/t11-/m1/s1. The Hall–Kier alpha value is -0.870. The van der Waals surface area contributed by atoms with E-state index in [1.807, 2.05) is 36.2 Å². The molecule has 0 spiro atoms. The number of hydrogen-bond acceptors (Lipinski definition) is 2. The van der Waals surface area contributed by atoms with Crippen molar-refractivity contribution in [3.63, 3.8) is 0 Å². The van der Waals surface area contributed by atoms with Gasteiger partial charge in [0.05, 0.1) is 5.92 Å². The second kappa shape index (κ2) is 6.34. The minimum absolute atomic E-state index is 0.145. The Morgan fingerprint density at radius 1 is 1.50 bits per heavy atom. The van der Waals surface area contributed by atoms with E-state index in [4.69, 9.17) is 0 Å². The van der Waals surface area contributed by atoms with Crippen LogP contribution in [0.3, 0.4) is 0 Å². The van der Waals surface area contributed by atoms with Gasteiger partial charge in [-0.05, 0) is 31.0 Å². The zero-order chi connectivity index (χ0) is 13.0. The fourth-order valence-corrected chi connectivity index (χ4v) is 2.74. The second-order valence-corrected chi connectivity index (χ2v) is 5.68. The Labute approximate surface area is 117 Å². The SMILES string of the molecule is CN(Cc1ccccc1Br)C(=O)[C@@H]1CCCNC1. The summed E-state index contributed by atoms with van der Waals surface area (Å²) >= 11 is 3.52. The number of piperidine rings is 1. The van der Waals surface area contributed by atoms with Gasteiger partial charge in [-0.3, -0.25) is 4.79 Å². The third-order valence-corrected chi connectivity index (χ3v) is 4.16. The summed E-state index contributed by atoms with van der Waals surface area (Å²) < 4.78 is 1.06. The van der Waals surface area contributed by atoms with E-state index in [1.54, 1.807) is 0 Å². The molecule has 18 heavy (non-hydrogen) atoms. The van der Waals surface area contributed by atoms with Crippen molar-refractivity contribution in [3.05, 3.63) is 34.3 Å². The highest BCUT2D eigenvalue weighted by Crippen LogP contribution is 2.19. The zero-order valence-electron chi connectivity index (χ0n) is 10.7. The quantitative estimate of drug-likeness (QED) is 0.930. The van der Waals surface area contributed by atoms with Crippen LogP contribution in [0.25, 0.3) is 0 Å². The van der Waals surface area contributed by atoms with Crippen LogP contribution in [-0.4, -0.2) is 30.9 Å². The van der Waals surface area contributed by atoms with Crippen LogP contribution in [0.1, 0.15) is 18.4 Å². The molecular weight excluding hydrogens is 292 g/mol. The van der Waals surface area contributed by atoms with Gasteiger partial charge in [-0.2, -0.15) is 0 Å². The number of carbonyl (C=O) groups excluding carboxylic acids is 1. The molecule has 4 heteroatoms. The summed E-state index contributed by atoms with van der Waals surface area (Å²) in [6, 6.07) is 8.05. The first-order valence-corrected chi connectivity index (χ1v) is 7.17. The van der Waals surface area contributed by atoms with Crippen LogP contribution in [-0.2, 0) is 11.3 Å². The topological polar surface area (TPSA) is 32.3 Å².